The molecule has 0 aliphatic carbocycles. The molecular weight excluding hydrogens is 515 g/mol. The highest BCUT2D eigenvalue weighted by Gasteiger charge is 2.11. The van der Waals surface area contributed by atoms with E-state index in [1.165, 1.54) is 18.2 Å². The zero-order valence-electron chi connectivity index (χ0n) is 15.5. The van der Waals surface area contributed by atoms with Crippen LogP contribution >= 0.6 is 31.9 Å². The molecule has 0 saturated heterocycles. The van der Waals surface area contributed by atoms with Gasteiger partial charge in [-0.1, -0.05) is 40.2 Å². The minimum Gasteiger partial charge on any atom is -0.488 e. The van der Waals surface area contributed by atoms with Crippen molar-refractivity contribution in [3.63, 3.8) is 0 Å². The number of hydrogen-bond donors (Lipinski definition) is 1. The number of rotatable bonds is 6. The molecule has 3 aromatic carbocycles. The number of benzene rings is 3. The fraction of sp³-hybridized carbons (Fsp3) is 0.0435. The molecule has 0 fully saturated rings. The summed E-state index contributed by atoms with van der Waals surface area (Å²) in [7, 11) is 0. The zero-order valence-corrected chi connectivity index (χ0v) is 18.7. The summed E-state index contributed by atoms with van der Waals surface area (Å²) in [4.78, 5) is 12.4. The fourth-order valence-electron chi connectivity index (χ4n) is 2.59. The first-order valence-electron chi connectivity index (χ1n) is 8.80. The van der Waals surface area contributed by atoms with Gasteiger partial charge in [0, 0.05) is 10.2 Å². The average Bonchev–Trinajstić information content (AvgIpc) is 2.71. The number of nitriles is 1. The third-order valence-electron chi connectivity index (χ3n) is 4.00. The Morgan fingerprint density at radius 1 is 1.10 bits per heavy atom. The van der Waals surface area contributed by atoms with E-state index < -0.39 is 5.91 Å². The van der Waals surface area contributed by atoms with Crippen molar-refractivity contribution in [3.05, 3.63) is 98.2 Å². The molecule has 30 heavy (non-hydrogen) atoms. The van der Waals surface area contributed by atoms with Crippen LogP contribution in [0.5, 0.6) is 5.75 Å². The predicted octanol–water partition coefficient (Wildman–Crippen LogP) is 6.48. The topological polar surface area (TPSA) is 62.1 Å². The third kappa shape index (κ3) is 6.02. The van der Waals surface area contributed by atoms with Crippen LogP contribution in [0.25, 0.3) is 6.08 Å². The number of amides is 1. The van der Waals surface area contributed by atoms with Gasteiger partial charge < -0.3 is 10.1 Å². The van der Waals surface area contributed by atoms with Gasteiger partial charge in [-0.15, -0.1) is 0 Å². The summed E-state index contributed by atoms with van der Waals surface area (Å²) in [5.74, 6) is -0.257. The lowest BCUT2D eigenvalue weighted by Gasteiger charge is -2.09. The van der Waals surface area contributed by atoms with E-state index in [9.17, 15) is 14.4 Å². The quantitative estimate of drug-likeness (QED) is 0.294. The van der Waals surface area contributed by atoms with E-state index in [1.807, 2.05) is 12.1 Å². The summed E-state index contributed by atoms with van der Waals surface area (Å²) >= 11 is 6.77. The van der Waals surface area contributed by atoms with Gasteiger partial charge in [0.05, 0.1) is 4.47 Å². The van der Waals surface area contributed by atoms with Crippen molar-refractivity contribution >= 4 is 49.5 Å². The maximum absolute atomic E-state index is 13.3. The van der Waals surface area contributed by atoms with E-state index in [-0.39, 0.29) is 18.0 Å². The van der Waals surface area contributed by atoms with E-state index in [0.717, 1.165) is 4.47 Å². The van der Waals surface area contributed by atoms with Crippen molar-refractivity contribution in [1.29, 1.82) is 5.26 Å². The molecule has 0 aromatic heterocycles. The largest absolute Gasteiger partial charge is 0.488 e. The van der Waals surface area contributed by atoms with Crippen LogP contribution in [0.1, 0.15) is 11.1 Å². The Morgan fingerprint density at radius 3 is 2.60 bits per heavy atom. The van der Waals surface area contributed by atoms with Gasteiger partial charge in [-0.3, -0.25) is 4.79 Å². The summed E-state index contributed by atoms with van der Waals surface area (Å²) in [6.45, 7) is 0.212. The minimum absolute atomic E-state index is 0.0321. The predicted molar refractivity (Wildman–Crippen MR) is 121 cm³/mol. The molecule has 3 aromatic rings. The number of halogens is 3. The van der Waals surface area contributed by atoms with Gasteiger partial charge in [0.2, 0.25) is 0 Å². The number of nitrogens with one attached hydrogen (secondary N) is 1. The van der Waals surface area contributed by atoms with Crippen LogP contribution < -0.4 is 10.1 Å². The Hall–Kier alpha value is -2.95. The fourth-order valence-corrected chi connectivity index (χ4v) is 3.50. The van der Waals surface area contributed by atoms with Crippen LogP contribution in [0, 0.1) is 17.1 Å². The second-order valence-corrected chi connectivity index (χ2v) is 8.01. The van der Waals surface area contributed by atoms with Crippen LogP contribution in [0.4, 0.5) is 10.1 Å². The molecular formula is C23H15Br2FN2O2. The highest BCUT2D eigenvalue weighted by atomic mass is 79.9. The average molecular weight is 530 g/mol. The molecule has 0 unspecified atom stereocenters. The summed E-state index contributed by atoms with van der Waals surface area (Å²) in [5.41, 5.74) is 1.91. The second-order valence-electron chi connectivity index (χ2n) is 6.24. The van der Waals surface area contributed by atoms with Crippen molar-refractivity contribution in [2.45, 2.75) is 6.61 Å². The minimum atomic E-state index is -0.502. The van der Waals surface area contributed by atoms with Gasteiger partial charge in [0.15, 0.2) is 0 Å². The molecule has 0 spiro atoms. The number of ether oxygens (including phenoxy) is 1. The van der Waals surface area contributed by atoms with Gasteiger partial charge in [0.25, 0.3) is 5.91 Å². The molecule has 0 radical (unpaired) electrons. The van der Waals surface area contributed by atoms with Crippen LogP contribution in [-0.2, 0) is 11.4 Å². The summed E-state index contributed by atoms with van der Waals surface area (Å²) in [6, 6.07) is 20.4. The molecule has 0 saturated carbocycles. The lowest BCUT2D eigenvalue weighted by Crippen LogP contribution is -2.13. The van der Waals surface area contributed by atoms with Crippen LogP contribution in [-0.4, -0.2) is 5.91 Å². The maximum atomic E-state index is 13.3. The number of nitrogens with zero attached hydrogens (tertiary/aromatic N) is 1. The third-order valence-corrected chi connectivity index (χ3v) is 5.11. The Balaban J connectivity index is 1.71. The molecule has 4 nitrogen and oxygen atoms in total. The molecule has 0 bridgehead atoms. The molecule has 150 valence electrons. The van der Waals surface area contributed by atoms with Crippen LogP contribution in [0.2, 0.25) is 0 Å². The molecule has 0 atom stereocenters. The van der Waals surface area contributed by atoms with Crippen molar-refractivity contribution in [3.8, 4) is 11.8 Å². The molecule has 0 aliphatic rings. The van der Waals surface area contributed by atoms with Crippen molar-refractivity contribution in [2.24, 2.45) is 0 Å². The van der Waals surface area contributed by atoms with Crippen molar-refractivity contribution in [2.75, 3.05) is 5.32 Å². The zero-order chi connectivity index (χ0) is 21.5. The first kappa shape index (κ1) is 21.8. The highest BCUT2D eigenvalue weighted by Crippen LogP contribution is 2.28. The first-order valence-corrected chi connectivity index (χ1v) is 10.4. The molecule has 3 rings (SSSR count). The normalized spacial score (nSPS) is 10.9. The summed E-state index contributed by atoms with van der Waals surface area (Å²) < 4.78 is 20.5. The Kier molecular flexibility index (Phi) is 7.39. The number of anilines is 1. The summed E-state index contributed by atoms with van der Waals surface area (Å²) in [6.07, 6.45) is 1.49. The van der Waals surface area contributed by atoms with Gasteiger partial charge in [-0.2, -0.15) is 5.26 Å². The van der Waals surface area contributed by atoms with Crippen molar-refractivity contribution < 1.29 is 13.9 Å². The lowest BCUT2D eigenvalue weighted by molar-refractivity contribution is -0.112. The summed E-state index contributed by atoms with van der Waals surface area (Å²) in [5, 5.41) is 12.1. The number of hydrogen-bond acceptors (Lipinski definition) is 3. The van der Waals surface area contributed by atoms with Gasteiger partial charge in [0.1, 0.15) is 29.8 Å². The Labute approximate surface area is 190 Å². The molecule has 1 N–H and O–H groups in total. The van der Waals surface area contributed by atoms with Gasteiger partial charge in [-0.05, 0) is 75.6 Å². The van der Waals surface area contributed by atoms with E-state index in [2.05, 4.69) is 37.2 Å². The van der Waals surface area contributed by atoms with Gasteiger partial charge >= 0.3 is 0 Å². The SMILES string of the molecule is N#C/C(=C/c1ccc(OCc2cccc(F)c2)c(Br)c1)C(=O)Nc1cccc(Br)c1. The smallest absolute Gasteiger partial charge is 0.266 e. The first-order chi connectivity index (χ1) is 14.4. The number of carbonyl (C=O) groups is 1. The highest BCUT2D eigenvalue weighted by molar-refractivity contribution is 9.10. The monoisotopic (exact) mass is 528 g/mol. The molecule has 7 heteroatoms. The van der Waals surface area contributed by atoms with E-state index in [0.29, 0.717) is 27.0 Å². The molecule has 0 heterocycles. The van der Waals surface area contributed by atoms with E-state index in [4.69, 9.17) is 4.74 Å². The second kappa shape index (κ2) is 10.2. The van der Waals surface area contributed by atoms with E-state index in [1.54, 1.807) is 48.5 Å². The Bertz CT molecular complexity index is 1160. The Morgan fingerprint density at radius 2 is 1.90 bits per heavy atom. The maximum Gasteiger partial charge on any atom is 0.266 e. The molecule has 0 aliphatic heterocycles. The molecule has 1 amide bonds. The van der Waals surface area contributed by atoms with Crippen LogP contribution in [0.15, 0.2) is 81.2 Å². The standard InChI is InChI=1S/C23H15Br2FN2O2/c24-18-4-2-6-20(12-18)28-23(29)17(13-27)9-15-7-8-22(21(25)11-15)30-14-16-3-1-5-19(26)10-16/h1-12H,14H2,(H,28,29)/b17-9-. The van der Waals surface area contributed by atoms with E-state index >= 15 is 0 Å². The lowest BCUT2D eigenvalue weighted by atomic mass is 10.1. The number of carbonyl (C=O) groups excluding carboxylic acids is 1. The van der Waals surface area contributed by atoms with Crippen LogP contribution in [0.3, 0.4) is 0 Å². The van der Waals surface area contributed by atoms with Crippen molar-refractivity contribution in [1.82, 2.24) is 0 Å². The van der Waals surface area contributed by atoms with Gasteiger partial charge in [-0.25, -0.2) is 4.39 Å².